The smallest absolute Gasteiger partial charge is 0.111 e. The average Bonchev–Trinajstić information content (AvgIpc) is 2.75. The van der Waals surface area contributed by atoms with Crippen LogP contribution >= 0.6 is 0 Å². The van der Waals surface area contributed by atoms with E-state index in [9.17, 15) is 0 Å². The fraction of sp³-hybridized carbons (Fsp3) is 1.00. The van der Waals surface area contributed by atoms with Crippen molar-refractivity contribution in [2.24, 2.45) is 5.92 Å². The predicted molar refractivity (Wildman–Crippen MR) is 45.7 cm³/mol. The minimum absolute atomic E-state index is 0.0376. The first-order valence-electron chi connectivity index (χ1n) is 4.90. The van der Waals surface area contributed by atoms with Gasteiger partial charge >= 0.3 is 0 Å². The summed E-state index contributed by atoms with van der Waals surface area (Å²) in [5.41, 5.74) is 0. The first kappa shape index (κ1) is 8.48. The van der Waals surface area contributed by atoms with E-state index in [1.807, 2.05) is 0 Å². The van der Waals surface area contributed by atoms with Crippen LogP contribution in [0.2, 0.25) is 0 Å². The molecule has 2 fully saturated rings. The largest absolute Gasteiger partial charge is 0.394 e. The second kappa shape index (κ2) is 3.73. The number of hydrogen-bond acceptors (Lipinski definition) is 3. The average molecular weight is 171 g/mol. The van der Waals surface area contributed by atoms with E-state index in [1.165, 1.54) is 25.7 Å². The molecule has 0 spiro atoms. The van der Waals surface area contributed by atoms with Crippen molar-refractivity contribution < 1.29 is 9.84 Å². The maximum Gasteiger partial charge on any atom is 0.111 e. The SMILES string of the molecule is OCC1CNC(C2CCCC2)O1. The summed E-state index contributed by atoms with van der Waals surface area (Å²) in [7, 11) is 0. The van der Waals surface area contributed by atoms with Crippen molar-refractivity contribution in [2.45, 2.75) is 38.0 Å². The van der Waals surface area contributed by atoms with E-state index in [-0.39, 0.29) is 18.9 Å². The molecule has 12 heavy (non-hydrogen) atoms. The molecule has 3 nitrogen and oxygen atoms in total. The Labute approximate surface area is 73.1 Å². The maximum absolute atomic E-state index is 8.86. The van der Waals surface area contributed by atoms with E-state index in [0.29, 0.717) is 5.92 Å². The molecule has 2 N–H and O–H groups in total. The lowest BCUT2D eigenvalue weighted by Crippen LogP contribution is -2.29. The zero-order valence-corrected chi connectivity index (χ0v) is 7.33. The first-order valence-corrected chi connectivity index (χ1v) is 4.90. The van der Waals surface area contributed by atoms with Gasteiger partial charge in [-0.25, -0.2) is 0 Å². The fourth-order valence-electron chi connectivity index (χ4n) is 2.20. The Bertz CT molecular complexity index is 145. The molecule has 0 amide bonds. The highest BCUT2D eigenvalue weighted by molar-refractivity contribution is 4.81. The molecule has 0 aromatic carbocycles. The third kappa shape index (κ3) is 1.63. The van der Waals surface area contributed by atoms with Gasteiger partial charge in [-0.3, -0.25) is 5.32 Å². The Morgan fingerprint density at radius 1 is 1.33 bits per heavy atom. The third-order valence-corrected chi connectivity index (χ3v) is 2.92. The fourth-order valence-corrected chi connectivity index (χ4v) is 2.20. The summed E-state index contributed by atoms with van der Waals surface area (Å²) in [6.45, 7) is 0.966. The van der Waals surface area contributed by atoms with Gasteiger partial charge in [0.05, 0.1) is 12.7 Å². The minimum atomic E-state index is 0.0376. The van der Waals surface area contributed by atoms with Crippen LogP contribution in [0.25, 0.3) is 0 Å². The second-order valence-corrected chi connectivity index (χ2v) is 3.81. The van der Waals surface area contributed by atoms with Gasteiger partial charge in [-0.1, -0.05) is 12.8 Å². The summed E-state index contributed by atoms with van der Waals surface area (Å²) in [5, 5.41) is 12.2. The normalized spacial score (nSPS) is 37.8. The number of aliphatic hydroxyl groups is 1. The highest BCUT2D eigenvalue weighted by Crippen LogP contribution is 2.30. The van der Waals surface area contributed by atoms with Crippen molar-refractivity contribution in [2.75, 3.05) is 13.2 Å². The summed E-state index contributed by atoms with van der Waals surface area (Å²) >= 11 is 0. The first-order chi connectivity index (χ1) is 5.90. The zero-order chi connectivity index (χ0) is 8.39. The van der Waals surface area contributed by atoms with E-state index in [4.69, 9.17) is 9.84 Å². The van der Waals surface area contributed by atoms with Gasteiger partial charge in [-0.05, 0) is 18.8 Å². The summed E-state index contributed by atoms with van der Waals surface area (Å²) in [6, 6.07) is 0. The van der Waals surface area contributed by atoms with Gasteiger partial charge in [0.15, 0.2) is 0 Å². The van der Waals surface area contributed by atoms with Gasteiger partial charge in [0.25, 0.3) is 0 Å². The lowest BCUT2D eigenvalue weighted by Gasteiger charge is -2.17. The molecule has 0 bridgehead atoms. The van der Waals surface area contributed by atoms with Crippen molar-refractivity contribution >= 4 is 0 Å². The van der Waals surface area contributed by atoms with E-state index in [0.717, 1.165) is 6.54 Å². The Balaban J connectivity index is 1.81. The van der Waals surface area contributed by atoms with Gasteiger partial charge in [-0.15, -0.1) is 0 Å². The van der Waals surface area contributed by atoms with Crippen LogP contribution in [0.3, 0.4) is 0 Å². The number of rotatable bonds is 2. The lowest BCUT2D eigenvalue weighted by molar-refractivity contribution is -0.0160. The van der Waals surface area contributed by atoms with E-state index in [2.05, 4.69) is 5.32 Å². The van der Waals surface area contributed by atoms with Gasteiger partial charge in [0, 0.05) is 6.54 Å². The molecule has 1 aliphatic carbocycles. The van der Waals surface area contributed by atoms with Crippen LogP contribution in [0.1, 0.15) is 25.7 Å². The van der Waals surface area contributed by atoms with Crippen LogP contribution in [0.15, 0.2) is 0 Å². The number of hydrogen-bond donors (Lipinski definition) is 2. The Kier molecular flexibility index (Phi) is 2.63. The summed E-state index contributed by atoms with van der Waals surface area (Å²) in [5.74, 6) is 0.696. The molecule has 2 atom stereocenters. The Morgan fingerprint density at radius 3 is 2.67 bits per heavy atom. The molecule has 2 aliphatic rings. The Morgan fingerprint density at radius 2 is 2.08 bits per heavy atom. The molecule has 0 aromatic heterocycles. The molecule has 1 saturated heterocycles. The van der Waals surface area contributed by atoms with E-state index in [1.54, 1.807) is 0 Å². The Hall–Kier alpha value is -0.120. The lowest BCUT2D eigenvalue weighted by atomic mass is 10.1. The van der Waals surface area contributed by atoms with Crippen molar-refractivity contribution in [1.82, 2.24) is 5.32 Å². The summed E-state index contributed by atoms with van der Waals surface area (Å²) < 4.78 is 5.63. The van der Waals surface area contributed by atoms with Crippen molar-refractivity contribution in [3.63, 3.8) is 0 Å². The van der Waals surface area contributed by atoms with Crippen LogP contribution in [0.4, 0.5) is 0 Å². The van der Waals surface area contributed by atoms with Crippen molar-refractivity contribution in [1.29, 1.82) is 0 Å². The number of ether oxygens (including phenoxy) is 1. The molecule has 1 saturated carbocycles. The molecule has 0 aromatic rings. The summed E-state index contributed by atoms with van der Waals surface area (Å²) in [6.07, 6.45) is 5.53. The van der Waals surface area contributed by atoms with E-state index < -0.39 is 0 Å². The molecule has 70 valence electrons. The topological polar surface area (TPSA) is 41.5 Å². The maximum atomic E-state index is 8.86. The molecule has 0 radical (unpaired) electrons. The monoisotopic (exact) mass is 171 g/mol. The van der Waals surface area contributed by atoms with Gasteiger partial charge in [-0.2, -0.15) is 0 Å². The highest BCUT2D eigenvalue weighted by Gasteiger charge is 2.32. The second-order valence-electron chi connectivity index (χ2n) is 3.81. The molecule has 2 rings (SSSR count). The molecule has 1 aliphatic heterocycles. The minimum Gasteiger partial charge on any atom is -0.394 e. The van der Waals surface area contributed by atoms with Crippen LogP contribution in [0, 0.1) is 5.92 Å². The van der Waals surface area contributed by atoms with Gasteiger partial charge in [0.1, 0.15) is 6.23 Å². The molecule has 2 unspecified atom stereocenters. The highest BCUT2D eigenvalue weighted by atomic mass is 16.5. The molecule has 3 heteroatoms. The van der Waals surface area contributed by atoms with Crippen molar-refractivity contribution in [3.8, 4) is 0 Å². The zero-order valence-electron chi connectivity index (χ0n) is 7.33. The molecular weight excluding hydrogens is 154 g/mol. The molecular formula is C9H17NO2. The quantitative estimate of drug-likeness (QED) is 0.635. The van der Waals surface area contributed by atoms with Crippen LogP contribution < -0.4 is 5.32 Å². The number of aliphatic hydroxyl groups excluding tert-OH is 1. The van der Waals surface area contributed by atoms with Crippen LogP contribution in [0.5, 0.6) is 0 Å². The van der Waals surface area contributed by atoms with Gasteiger partial charge in [0.2, 0.25) is 0 Å². The predicted octanol–water partition coefficient (Wildman–Crippen LogP) is 0.483. The number of nitrogens with one attached hydrogen (secondary N) is 1. The van der Waals surface area contributed by atoms with Crippen LogP contribution in [-0.2, 0) is 4.74 Å². The third-order valence-electron chi connectivity index (χ3n) is 2.92. The molecule has 1 heterocycles. The standard InChI is InChI=1S/C9H17NO2/c11-6-8-5-10-9(12-8)7-3-1-2-4-7/h7-11H,1-6H2. The summed E-state index contributed by atoms with van der Waals surface area (Å²) in [4.78, 5) is 0. The van der Waals surface area contributed by atoms with Gasteiger partial charge < -0.3 is 9.84 Å². The van der Waals surface area contributed by atoms with Crippen LogP contribution in [-0.4, -0.2) is 30.6 Å². The van der Waals surface area contributed by atoms with Crippen molar-refractivity contribution in [3.05, 3.63) is 0 Å². The van der Waals surface area contributed by atoms with E-state index >= 15 is 0 Å².